The molecular weight excluding hydrogens is 574 g/mol. The average molecular weight is 614 g/mol. The van der Waals surface area contributed by atoms with E-state index in [1.165, 1.54) is 17.0 Å². The molecule has 4 rings (SSSR count). The van der Waals surface area contributed by atoms with Crippen molar-refractivity contribution in [3.63, 3.8) is 0 Å². The van der Waals surface area contributed by atoms with E-state index in [0.29, 0.717) is 36.6 Å². The van der Waals surface area contributed by atoms with Crippen LogP contribution in [0, 0.1) is 6.92 Å². The number of para-hydroxylation sites is 1. The fraction of sp³-hybridized carbons (Fsp3) is 0.257. The Morgan fingerprint density at radius 1 is 0.795 bits per heavy atom. The molecule has 0 radical (unpaired) electrons. The quantitative estimate of drug-likeness (QED) is 0.189. The third-order valence-corrected chi connectivity index (χ3v) is 9.00. The molecular formula is C35H39N3O5S. The smallest absolute Gasteiger partial charge is 0.264 e. The topological polar surface area (TPSA) is 96.0 Å². The van der Waals surface area contributed by atoms with Gasteiger partial charge >= 0.3 is 0 Å². The van der Waals surface area contributed by atoms with Crippen LogP contribution in [0.3, 0.4) is 0 Å². The number of anilines is 1. The molecule has 9 heteroatoms. The second kappa shape index (κ2) is 15.2. The minimum Gasteiger partial charge on any atom is -0.457 e. The molecule has 0 aliphatic rings. The number of rotatable bonds is 14. The van der Waals surface area contributed by atoms with Crippen LogP contribution in [-0.4, -0.2) is 50.8 Å². The van der Waals surface area contributed by atoms with Crippen molar-refractivity contribution in [3.8, 4) is 11.5 Å². The number of likely N-dealkylation sites (N-methyl/N-ethyl adjacent to an activating group) is 1. The second-order valence-electron chi connectivity index (χ2n) is 10.4. The number of carbonyl (C=O) groups excluding carboxylic acids is 2. The van der Waals surface area contributed by atoms with Gasteiger partial charge in [0.1, 0.15) is 24.1 Å². The van der Waals surface area contributed by atoms with Crippen LogP contribution >= 0.6 is 0 Å². The van der Waals surface area contributed by atoms with Crippen LogP contribution in [0.1, 0.15) is 31.4 Å². The van der Waals surface area contributed by atoms with E-state index in [1.807, 2.05) is 81.4 Å². The molecule has 0 spiro atoms. The Balaban J connectivity index is 1.69. The lowest BCUT2D eigenvalue weighted by Gasteiger charge is -2.33. The lowest BCUT2D eigenvalue weighted by Crippen LogP contribution is -2.53. The van der Waals surface area contributed by atoms with Crippen LogP contribution in [0.25, 0.3) is 0 Å². The van der Waals surface area contributed by atoms with Gasteiger partial charge in [-0.1, -0.05) is 73.2 Å². The molecule has 0 bridgehead atoms. The van der Waals surface area contributed by atoms with Gasteiger partial charge in [0.05, 0.1) is 10.6 Å². The minimum absolute atomic E-state index is 0.0621. The fourth-order valence-corrected chi connectivity index (χ4v) is 6.27. The third-order valence-electron chi connectivity index (χ3n) is 7.21. The Morgan fingerprint density at radius 3 is 1.98 bits per heavy atom. The predicted octanol–water partition coefficient (Wildman–Crippen LogP) is 5.97. The number of hydrogen-bond donors (Lipinski definition) is 1. The molecule has 230 valence electrons. The van der Waals surface area contributed by atoms with Gasteiger partial charge in [0.25, 0.3) is 10.0 Å². The molecule has 0 heterocycles. The zero-order valence-corrected chi connectivity index (χ0v) is 26.2. The number of benzene rings is 4. The number of amides is 2. The summed E-state index contributed by atoms with van der Waals surface area (Å²) in [7, 11) is -4.16. The first-order valence-electron chi connectivity index (χ1n) is 14.8. The van der Waals surface area contributed by atoms with Gasteiger partial charge in [0.15, 0.2) is 0 Å². The van der Waals surface area contributed by atoms with Crippen molar-refractivity contribution < 1.29 is 22.7 Å². The van der Waals surface area contributed by atoms with Crippen molar-refractivity contribution in [3.05, 3.63) is 120 Å². The first-order chi connectivity index (χ1) is 21.2. The first-order valence-corrected chi connectivity index (χ1v) is 16.2. The van der Waals surface area contributed by atoms with Crippen molar-refractivity contribution in [2.75, 3.05) is 23.9 Å². The molecule has 0 aliphatic heterocycles. The molecule has 1 N–H and O–H groups in total. The molecule has 2 amide bonds. The molecule has 0 aliphatic carbocycles. The SMILES string of the molecule is CCNC(=O)[C@H](CC)N(CCc1ccccc1)C(=O)CN(c1ccc(Oc2ccccc2)cc1)S(=O)(=O)c1ccc(C)cc1. The maximum Gasteiger partial charge on any atom is 0.264 e. The maximum absolute atomic E-state index is 14.1. The summed E-state index contributed by atoms with van der Waals surface area (Å²) in [5.74, 6) is 0.418. The van der Waals surface area contributed by atoms with Crippen molar-refractivity contribution in [2.45, 2.75) is 44.6 Å². The largest absolute Gasteiger partial charge is 0.457 e. The normalized spacial score (nSPS) is 11.8. The lowest BCUT2D eigenvalue weighted by atomic mass is 10.1. The highest BCUT2D eigenvalue weighted by Crippen LogP contribution is 2.28. The van der Waals surface area contributed by atoms with Gasteiger partial charge in [-0.15, -0.1) is 0 Å². The van der Waals surface area contributed by atoms with Crippen molar-refractivity contribution in [2.24, 2.45) is 0 Å². The van der Waals surface area contributed by atoms with E-state index in [-0.39, 0.29) is 17.3 Å². The lowest BCUT2D eigenvalue weighted by molar-refractivity contribution is -0.139. The summed E-state index contributed by atoms with van der Waals surface area (Å²) in [6.07, 6.45) is 0.890. The summed E-state index contributed by atoms with van der Waals surface area (Å²) in [6, 6.07) is 31.3. The number of ether oxygens (including phenoxy) is 1. The highest BCUT2D eigenvalue weighted by atomic mass is 32.2. The third kappa shape index (κ3) is 8.26. The van der Waals surface area contributed by atoms with Crippen LogP contribution in [0.4, 0.5) is 5.69 Å². The summed E-state index contributed by atoms with van der Waals surface area (Å²) >= 11 is 0. The molecule has 0 saturated carbocycles. The molecule has 0 saturated heterocycles. The number of nitrogens with one attached hydrogen (secondary N) is 1. The molecule has 0 aromatic heterocycles. The Hall–Kier alpha value is -4.63. The van der Waals surface area contributed by atoms with Gasteiger partial charge in [0.2, 0.25) is 11.8 Å². The number of nitrogens with zero attached hydrogens (tertiary/aromatic N) is 2. The van der Waals surface area contributed by atoms with E-state index in [4.69, 9.17) is 4.74 Å². The fourth-order valence-electron chi connectivity index (χ4n) is 4.86. The van der Waals surface area contributed by atoms with E-state index in [2.05, 4.69) is 5.32 Å². The summed E-state index contributed by atoms with van der Waals surface area (Å²) in [5, 5.41) is 2.82. The van der Waals surface area contributed by atoms with Crippen LogP contribution in [0.5, 0.6) is 11.5 Å². The van der Waals surface area contributed by atoms with Crippen LogP contribution in [0.15, 0.2) is 114 Å². The number of sulfonamides is 1. The van der Waals surface area contributed by atoms with Crippen LogP contribution in [0.2, 0.25) is 0 Å². The van der Waals surface area contributed by atoms with Crippen molar-refractivity contribution in [1.29, 1.82) is 0 Å². The Morgan fingerprint density at radius 2 is 1.39 bits per heavy atom. The molecule has 8 nitrogen and oxygen atoms in total. The van der Waals surface area contributed by atoms with Gasteiger partial charge in [-0.25, -0.2) is 8.42 Å². The zero-order valence-electron chi connectivity index (χ0n) is 25.3. The number of hydrogen-bond acceptors (Lipinski definition) is 5. The van der Waals surface area contributed by atoms with Gasteiger partial charge < -0.3 is 15.0 Å². The van der Waals surface area contributed by atoms with E-state index in [0.717, 1.165) is 15.4 Å². The standard InChI is InChI=1S/C35H39N3O5S/c1-4-33(35(40)36-5-2)37(25-24-28-12-8-6-9-13-28)34(39)26-38(44(41,42)32-22-16-27(3)17-23-32)29-18-20-31(21-19-29)43-30-14-10-7-11-15-30/h6-23,33H,4-5,24-26H2,1-3H3,(H,36,40)/t33-/m0/s1. The molecule has 44 heavy (non-hydrogen) atoms. The maximum atomic E-state index is 14.1. The van der Waals surface area contributed by atoms with Gasteiger partial charge in [0, 0.05) is 13.1 Å². The Kier molecular flexibility index (Phi) is 11.2. The minimum atomic E-state index is -4.16. The summed E-state index contributed by atoms with van der Waals surface area (Å²) in [5.41, 5.74) is 2.22. The predicted molar refractivity (Wildman–Crippen MR) is 173 cm³/mol. The highest BCUT2D eigenvalue weighted by molar-refractivity contribution is 7.92. The molecule has 1 atom stereocenters. The first kappa shape index (κ1) is 32.3. The van der Waals surface area contributed by atoms with E-state index < -0.39 is 28.5 Å². The Labute approximate surface area is 260 Å². The van der Waals surface area contributed by atoms with Gasteiger partial charge in [-0.2, -0.15) is 0 Å². The Bertz CT molecular complexity index is 1610. The highest BCUT2D eigenvalue weighted by Gasteiger charge is 2.33. The molecule has 4 aromatic carbocycles. The number of carbonyl (C=O) groups is 2. The van der Waals surface area contributed by atoms with Crippen LogP contribution in [-0.2, 0) is 26.0 Å². The summed E-state index contributed by atoms with van der Waals surface area (Å²) in [4.78, 5) is 28.8. The summed E-state index contributed by atoms with van der Waals surface area (Å²) < 4.78 is 35.2. The van der Waals surface area contributed by atoms with E-state index in [9.17, 15) is 18.0 Å². The molecule has 0 unspecified atom stereocenters. The van der Waals surface area contributed by atoms with Crippen molar-refractivity contribution >= 4 is 27.5 Å². The van der Waals surface area contributed by atoms with Gasteiger partial charge in [-0.3, -0.25) is 13.9 Å². The zero-order chi connectivity index (χ0) is 31.5. The van der Waals surface area contributed by atoms with E-state index >= 15 is 0 Å². The molecule has 4 aromatic rings. The summed E-state index contributed by atoms with van der Waals surface area (Å²) in [6.45, 7) is 5.72. The van der Waals surface area contributed by atoms with Crippen molar-refractivity contribution in [1.82, 2.24) is 10.2 Å². The average Bonchev–Trinajstić information content (AvgIpc) is 3.03. The monoisotopic (exact) mass is 613 g/mol. The van der Waals surface area contributed by atoms with Gasteiger partial charge in [-0.05, 0) is 80.8 Å². The molecule has 0 fully saturated rings. The number of aryl methyl sites for hydroxylation is 1. The second-order valence-corrected chi connectivity index (χ2v) is 12.2. The van der Waals surface area contributed by atoms with Crippen LogP contribution < -0.4 is 14.4 Å². The van der Waals surface area contributed by atoms with E-state index in [1.54, 1.807) is 36.4 Å².